The van der Waals surface area contributed by atoms with E-state index in [0.717, 1.165) is 17.2 Å². The van der Waals surface area contributed by atoms with E-state index in [1.165, 1.54) is 5.56 Å². The zero-order valence-corrected chi connectivity index (χ0v) is 12.3. The third kappa shape index (κ3) is 4.85. The number of amidine groups is 1. The average Bonchev–Trinajstić information content (AvgIpc) is 2.83. The van der Waals surface area contributed by atoms with Crippen LogP contribution in [0.2, 0.25) is 0 Å². The highest BCUT2D eigenvalue weighted by Gasteiger charge is 2.21. The van der Waals surface area contributed by atoms with Crippen LogP contribution in [0.1, 0.15) is 11.6 Å². The summed E-state index contributed by atoms with van der Waals surface area (Å²) in [5.41, 5.74) is 1.24. The van der Waals surface area contributed by atoms with Gasteiger partial charge in [-0.3, -0.25) is 4.99 Å². The quantitative estimate of drug-likeness (QED) is 0.795. The van der Waals surface area contributed by atoms with Crippen molar-refractivity contribution in [3.63, 3.8) is 0 Å². The average molecular weight is 299 g/mol. The zero-order valence-electron chi connectivity index (χ0n) is 10.7. The maximum atomic E-state index is 10.9. The SMILES string of the molecule is CS(=O)(=O)NCCN=C1NC(c2ccccc2)CS1. The number of hydrogen-bond acceptors (Lipinski definition) is 4. The third-order valence-corrected chi connectivity index (χ3v) is 4.37. The van der Waals surface area contributed by atoms with E-state index in [1.807, 2.05) is 18.2 Å². The molecule has 1 aliphatic heterocycles. The summed E-state index contributed by atoms with van der Waals surface area (Å²) in [6, 6.07) is 10.5. The van der Waals surface area contributed by atoms with Gasteiger partial charge in [-0.1, -0.05) is 42.1 Å². The first-order valence-electron chi connectivity index (χ1n) is 5.98. The first-order chi connectivity index (χ1) is 9.04. The Hall–Kier alpha value is -1.05. The molecule has 1 heterocycles. The Balaban J connectivity index is 1.82. The second-order valence-corrected chi connectivity index (χ2v) is 7.11. The van der Waals surface area contributed by atoms with Crippen LogP contribution in [-0.4, -0.2) is 38.7 Å². The van der Waals surface area contributed by atoms with E-state index in [-0.39, 0.29) is 6.04 Å². The van der Waals surface area contributed by atoms with E-state index in [0.29, 0.717) is 13.1 Å². The first kappa shape index (κ1) is 14.4. The number of nitrogens with one attached hydrogen (secondary N) is 2. The number of sulfonamides is 1. The van der Waals surface area contributed by atoms with Gasteiger partial charge in [-0.15, -0.1) is 0 Å². The van der Waals surface area contributed by atoms with E-state index < -0.39 is 10.0 Å². The van der Waals surface area contributed by atoms with Gasteiger partial charge in [0.1, 0.15) is 0 Å². The largest absolute Gasteiger partial charge is 0.357 e. The molecule has 0 bridgehead atoms. The Kier molecular flexibility index (Phi) is 4.84. The predicted molar refractivity (Wildman–Crippen MR) is 79.9 cm³/mol. The van der Waals surface area contributed by atoms with Gasteiger partial charge in [-0.25, -0.2) is 13.1 Å². The molecule has 19 heavy (non-hydrogen) atoms. The summed E-state index contributed by atoms with van der Waals surface area (Å²) in [5, 5.41) is 4.22. The number of nitrogens with zero attached hydrogens (tertiary/aromatic N) is 1. The molecule has 1 fully saturated rings. The second-order valence-electron chi connectivity index (χ2n) is 4.27. The van der Waals surface area contributed by atoms with Crippen LogP contribution in [0.3, 0.4) is 0 Å². The van der Waals surface area contributed by atoms with Crippen LogP contribution in [0.5, 0.6) is 0 Å². The van der Waals surface area contributed by atoms with Crippen molar-refractivity contribution in [2.75, 3.05) is 25.1 Å². The lowest BCUT2D eigenvalue weighted by Crippen LogP contribution is -2.25. The topological polar surface area (TPSA) is 70.6 Å². The highest BCUT2D eigenvalue weighted by Crippen LogP contribution is 2.25. The fourth-order valence-electron chi connectivity index (χ4n) is 1.74. The molecule has 7 heteroatoms. The summed E-state index contributed by atoms with van der Waals surface area (Å²) < 4.78 is 24.2. The van der Waals surface area contributed by atoms with Crippen molar-refractivity contribution in [3.05, 3.63) is 35.9 Å². The molecule has 1 saturated heterocycles. The molecule has 0 amide bonds. The van der Waals surface area contributed by atoms with Gasteiger partial charge < -0.3 is 5.32 Å². The van der Waals surface area contributed by atoms with Gasteiger partial charge in [0, 0.05) is 12.3 Å². The van der Waals surface area contributed by atoms with Crippen LogP contribution in [0, 0.1) is 0 Å². The zero-order chi connectivity index (χ0) is 13.7. The smallest absolute Gasteiger partial charge is 0.208 e. The minimum atomic E-state index is -3.12. The summed E-state index contributed by atoms with van der Waals surface area (Å²) in [6.07, 6.45) is 1.15. The van der Waals surface area contributed by atoms with Crippen molar-refractivity contribution in [2.24, 2.45) is 4.99 Å². The van der Waals surface area contributed by atoms with Gasteiger partial charge in [0.05, 0.1) is 18.8 Å². The Morgan fingerprint density at radius 3 is 2.84 bits per heavy atom. The number of rotatable bonds is 5. The summed E-state index contributed by atoms with van der Waals surface area (Å²) in [5.74, 6) is 0.947. The summed E-state index contributed by atoms with van der Waals surface area (Å²) in [6.45, 7) is 0.782. The van der Waals surface area contributed by atoms with Gasteiger partial charge in [-0.2, -0.15) is 0 Å². The minimum absolute atomic E-state index is 0.285. The third-order valence-electron chi connectivity index (χ3n) is 2.62. The molecule has 1 atom stereocenters. The molecule has 1 aliphatic rings. The van der Waals surface area contributed by atoms with Crippen molar-refractivity contribution in [3.8, 4) is 0 Å². The molecule has 2 N–H and O–H groups in total. The minimum Gasteiger partial charge on any atom is -0.357 e. The molecule has 0 aromatic heterocycles. The van der Waals surface area contributed by atoms with E-state index in [4.69, 9.17) is 0 Å². The van der Waals surface area contributed by atoms with Gasteiger partial charge in [0.2, 0.25) is 10.0 Å². The lowest BCUT2D eigenvalue weighted by atomic mass is 10.1. The molecule has 0 radical (unpaired) electrons. The summed E-state index contributed by atoms with van der Waals surface area (Å²) in [7, 11) is -3.12. The molecule has 0 spiro atoms. The molecule has 2 rings (SSSR count). The number of thioether (sulfide) groups is 1. The Morgan fingerprint density at radius 1 is 1.42 bits per heavy atom. The lowest BCUT2D eigenvalue weighted by Gasteiger charge is -2.09. The second kappa shape index (κ2) is 6.40. The van der Waals surface area contributed by atoms with Crippen molar-refractivity contribution in [2.45, 2.75) is 6.04 Å². The van der Waals surface area contributed by atoms with Crippen LogP contribution in [0.25, 0.3) is 0 Å². The lowest BCUT2D eigenvalue weighted by molar-refractivity contribution is 0.588. The fraction of sp³-hybridized carbons (Fsp3) is 0.417. The molecule has 1 unspecified atom stereocenters. The molecule has 0 aliphatic carbocycles. The van der Waals surface area contributed by atoms with Crippen molar-refractivity contribution in [1.29, 1.82) is 0 Å². The Labute approximate surface area is 117 Å². The van der Waals surface area contributed by atoms with Crippen LogP contribution < -0.4 is 10.0 Å². The standard InChI is InChI=1S/C12H17N3O2S2/c1-19(16,17)14-8-7-13-12-15-11(9-18-12)10-5-3-2-4-6-10/h2-6,11,14H,7-9H2,1H3,(H,13,15). The summed E-state index contributed by atoms with van der Waals surface area (Å²) in [4.78, 5) is 4.34. The maximum absolute atomic E-state index is 10.9. The fourth-order valence-corrected chi connectivity index (χ4v) is 3.21. The van der Waals surface area contributed by atoms with E-state index in [2.05, 4.69) is 27.2 Å². The van der Waals surface area contributed by atoms with Crippen LogP contribution in [0.15, 0.2) is 35.3 Å². The number of benzene rings is 1. The van der Waals surface area contributed by atoms with Crippen LogP contribution in [0.4, 0.5) is 0 Å². The molecule has 1 aromatic rings. The molecule has 1 aromatic carbocycles. The van der Waals surface area contributed by atoms with Gasteiger partial charge in [0.25, 0.3) is 0 Å². The highest BCUT2D eigenvalue weighted by atomic mass is 32.2. The molecule has 5 nitrogen and oxygen atoms in total. The van der Waals surface area contributed by atoms with Crippen LogP contribution >= 0.6 is 11.8 Å². The van der Waals surface area contributed by atoms with Crippen molar-refractivity contribution in [1.82, 2.24) is 10.0 Å². The van der Waals surface area contributed by atoms with Gasteiger partial charge in [-0.05, 0) is 5.56 Å². The number of hydrogen-bond donors (Lipinski definition) is 2. The van der Waals surface area contributed by atoms with Crippen molar-refractivity contribution < 1.29 is 8.42 Å². The van der Waals surface area contributed by atoms with E-state index in [1.54, 1.807) is 11.8 Å². The summed E-state index contributed by atoms with van der Waals surface area (Å²) >= 11 is 1.66. The predicted octanol–water partition coefficient (Wildman–Crippen LogP) is 0.969. The van der Waals surface area contributed by atoms with Gasteiger partial charge >= 0.3 is 0 Å². The number of aliphatic imine (C=N–C) groups is 1. The molecular formula is C12H17N3O2S2. The first-order valence-corrected chi connectivity index (χ1v) is 8.86. The molecule has 104 valence electrons. The normalized spacial score (nSPS) is 21.5. The van der Waals surface area contributed by atoms with E-state index >= 15 is 0 Å². The molecule has 0 saturated carbocycles. The monoisotopic (exact) mass is 299 g/mol. The molecular weight excluding hydrogens is 282 g/mol. The van der Waals surface area contributed by atoms with Gasteiger partial charge in [0.15, 0.2) is 5.17 Å². The van der Waals surface area contributed by atoms with E-state index in [9.17, 15) is 8.42 Å². The van der Waals surface area contributed by atoms with Crippen molar-refractivity contribution >= 4 is 27.0 Å². The highest BCUT2D eigenvalue weighted by molar-refractivity contribution is 8.14. The maximum Gasteiger partial charge on any atom is 0.208 e. The Bertz CT molecular complexity index is 543. The Morgan fingerprint density at radius 2 is 2.16 bits per heavy atom. The van der Waals surface area contributed by atoms with Crippen LogP contribution in [-0.2, 0) is 10.0 Å².